The van der Waals surface area contributed by atoms with Crippen molar-refractivity contribution in [2.24, 2.45) is 11.8 Å². The van der Waals surface area contributed by atoms with Crippen LogP contribution in [0.15, 0.2) is 30.3 Å². The minimum atomic E-state index is -0.169. The lowest BCUT2D eigenvalue weighted by molar-refractivity contribution is -1.08. The van der Waals surface area contributed by atoms with Crippen LogP contribution < -0.4 is 0 Å². The Hall–Kier alpha value is -1.52. The van der Waals surface area contributed by atoms with Gasteiger partial charge in [0.15, 0.2) is 0 Å². The molecule has 0 aromatic heterocycles. The van der Waals surface area contributed by atoms with Crippen LogP contribution in [-0.2, 0) is 9.59 Å². The Morgan fingerprint density at radius 2 is 1.75 bits per heavy atom. The van der Waals surface area contributed by atoms with Crippen molar-refractivity contribution in [3.63, 3.8) is 0 Å². The van der Waals surface area contributed by atoms with Gasteiger partial charge in [-0.2, -0.15) is 0 Å². The van der Waals surface area contributed by atoms with Crippen LogP contribution in [0.25, 0.3) is 0 Å². The summed E-state index contributed by atoms with van der Waals surface area (Å²) in [6, 6.07) is 10.3. The summed E-state index contributed by atoms with van der Waals surface area (Å²) in [7, 11) is 6.28. The van der Waals surface area contributed by atoms with Crippen molar-refractivity contribution >= 4 is 11.8 Å². The van der Waals surface area contributed by atoms with Crippen molar-refractivity contribution in [2.45, 2.75) is 38.8 Å². The zero-order valence-corrected chi connectivity index (χ0v) is 15.5. The maximum atomic E-state index is 13.3. The highest BCUT2D eigenvalue weighted by Gasteiger charge is 2.71. The number of amides is 2. The number of quaternary nitrogens is 2. The second kappa shape index (κ2) is 5.78. The van der Waals surface area contributed by atoms with Gasteiger partial charge in [-0.15, -0.1) is 4.48 Å². The monoisotopic (exact) mass is 330 g/mol. The molecule has 5 atom stereocenters. The molecule has 4 heteroatoms. The molecular formula is C20H30N2O2+2. The summed E-state index contributed by atoms with van der Waals surface area (Å²) in [6.07, 6.45) is 1.80. The molecule has 24 heavy (non-hydrogen) atoms. The molecule has 0 aliphatic carbocycles. The molecule has 2 aliphatic rings. The van der Waals surface area contributed by atoms with Gasteiger partial charge in [0.2, 0.25) is 6.17 Å². The molecule has 2 heterocycles. The number of carbonyl (C=O) groups excluding carboxylic acids is 2. The fourth-order valence-corrected chi connectivity index (χ4v) is 4.75. The Balaban J connectivity index is 1.84. The van der Waals surface area contributed by atoms with Crippen LogP contribution in [0.2, 0.25) is 0 Å². The summed E-state index contributed by atoms with van der Waals surface area (Å²) in [5.41, 5.74) is 1.25. The number of imide groups is 1. The molecule has 1 spiro atoms. The molecule has 0 saturated carbocycles. The third-order valence-corrected chi connectivity index (χ3v) is 6.22. The molecule has 4 nitrogen and oxygen atoms in total. The van der Waals surface area contributed by atoms with Gasteiger partial charge in [0, 0.05) is 0 Å². The van der Waals surface area contributed by atoms with Gasteiger partial charge in [-0.1, -0.05) is 37.3 Å². The van der Waals surface area contributed by atoms with Crippen LogP contribution in [0, 0.1) is 11.8 Å². The van der Waals surface area contributed by atoms with E-state index >= 15 is 0 Å². The van der Waals surface area contributed by atoms with Crippen molar-refractivity contribution in [3.8, 4) is 0 Å². The smallest absolute Gasteiger partial charge is 0.281 e. The van der Waals surface area contributed by atoms with E-state index in [2.05, 4.69) is 40.2 Å². The molecule has 2 aliphatic heterocycles. The number of benzene rings is 1. The first-order valence-corrected chi connectivity index (χ1v) is 9.02. The molecule has 0 radical (unpaired) electrons. The normalized spacial score (nSPS) is 34.5. The summed E-state index contributed by atoms with van der Waals surface area (Å²) < 4.78 is 0.766. The average Bonchev–Trinajstić information content (AvgIpc) is 2.67. The number of carbonyl (C=O) groups is 2. The first kappa shape index (κ1) is 17.3. The predicted octanol–water partition coefficient (Wildman–Crippen LogP) is 2.75. The molecule has 5 unspecified atom stereocenters. The lowest BCUT2D eigenvalue weighted by atomic mass is 9.85. The van der Waals surface area contributed by atoms with Gasteiger partial charge >= 0.3 is 11.8 Å². The Labute approximate surface area is 145 Å². The molecule has 2 saturated heterocycles. The largest absolute Gasteiger partial charge is 0.330 e. The van der Waals surface area contributed by atoms with E-state index in [1.165, 1.54) is 5.56 Å². The van der Waals surface area contributed by atoms with Crippen molar-refractivity contribution in [3.05, 3.63) is 35.9 Å². The molecule has 0 bridgehead atoms. The zero-order chi connectivity index (χ0) is 17.7. The molecule has 1 aromatic rings. The van der Waals surface area contributed by atoms with E-state index in [0.717, 1.165) is 12.8 Å². The third kappa shape index (κ3) is 2.44. The Kier molecular flexibility index (Phi) is 4.17. The molecule has 2 fully saturated rings. The fourth-order valence-electron chi connectivity index (χ4n) is 4.75. The quantitative estimate of drug-likeness (QED) is 0.628. The van der Waals surface area contributed by atoms with Crippen molar-refractivity contribution < 1.29 is 18.6 Å². The van der Waals surface area contributed by atoms with Crippen LogP contribution in [0.3, 0.4) is 0 Å². The van der Waals surface area contributed by atoms with Gasteiger partial charge in [0.25, 0.3) is 0 Å². The topological polar surface area (TPSA) is 34.1 Å². The summed E-state index contributed by atoms with van der Waals surface area (Å²) in [6.45, 7) is 4.81. The highest BCUT2D eigenvalue weighted by Crippen LogP contribution is 2.46. The van der Waals surface area contributed by atoms with E-state index < -0.39 is 0 Å². The maximum Gasteiger partial charge on any atom is 0.330 e. The first-order chi connectivity index (χ1) is 11.2. The van der Waals surface area contributed by atoms with Crippen LogP contribution >= 0.6 is 0 Å². The lowest BCUT2D eigenvalue weighted by Crippen LogP contribution is -2.76. The van der Waals surface area contributed by atoms with Crippen LogP contribution in [-0.4, -0.2) is 54.6 Å². The minimum Gasteiger partial charge on any atom is -0.281 e. The molecule has 1 aromatic carbocycles. The minimum absolute atomic E-state index is 0.0875. The lowest BCUT2D eigenvalue weighted by Gasteiger charge is -2.50. The Morgan fingerprint density at radius 3 is 2.25 bits per heavy atom. The Morgan fingerprint density at radius 1 is 1.12 bits per heavy atom. The number of hydrogen-bond acceptors (Lipinski definition) is 2. The highest BCUT2D eigenvalue weighted by molar-refractivity contribution is 5.96. The van der Waals surface area contributed by atoms with E-state index in [-0.39, 0.29) is 40.2 Å². The first-order valence-electron chi connectivity index (χ1n) is 9.02. The van der Waals surface area contributed by atoms with E-state index in [9.17, 15) is 9.59 Å². The van der Waals surface area contributed by atoms with Crippen molar-refractivity contribution in [1.29, 1.82) is 0 Å². The van der Waals surface area contributed by atoms with Gasteiger partial charge in [0.1, 0.15) is 13.0 Å². The van der Waals surface area contributed by atoms with Crippen LogP contribution in [0.5, 0.6) is 0 Å². The highest BCUT2D eigenvalue weighted by atomic mass is 16.2. The maximum absolute atomic E-state index is 13.3. The van der Waals surface area contributed by atoms with Crippen molar-refractivity contribution in [1.82, 2.24) is 0 Å². The van der Waals surface area contributed by atoms with Gasteiger partial charge in [-0.05, 0) is 24.8 Å². The Bertz CT molecular complexity index is 649. The van der Waals surface area contributed by atoms with Gasteiger partial charge in [-0.25, -0.2) is 9.59 Å². The van der Waals surface area contributed by atoms with Gasteiger partial charge in [-0.3, -0.25) is 4.48 Å². The summed E-state index contributed by atoms with van der Waals surface area (Å²) >= 11 is 0. The third-order valence-electron chi connectivity index (χ3n) is 6.22. The average molecular weight is 330 g/mol. The number of nitrogens with zero attached hydrogens (tertiary/aromatic N) is 2. The van der Waals surface area contributed by atoms with E-state index in [1.807, 2.05) is 25.1 Å². The molecule has 0 N–H and O–H groups in total. The van der Waals surface area contributed by atoms with Gasteiger partial charge < -0.3 is 0 Å². The second-order valence-electron chi connectivity index (χ2n) is 8.60. The predicted molar refractivity (Wildman–Crippen MR) is 93.7 cm³/mol. The zero-order valence-electron chi connectivity index (χ0n) is 15.5. The van der Waals surface area contributed by atoms with E-state index in [0.29, 0.717) is 11.0 Å². The molecular weight excluding hydrogens is 300 g/mol. The summed E-state index contributed by atoms with van der Waals surface area (Å²) in [5, 5.41) is 0. The van der Waals surface area contributed by atoms with E-state index in [4.69, 9.17) is 0 Å². The number of rotatable bonds is 4. The second-order valence-corrected chi connectivity index (χ2v) is 8.60. The SMILES string of the molecule is CC(CC1C(=O)[N+]2(CCC2[N+](C)(C)C)C(=O)C1C)c1ccccc1. The van der Waals surface area contributed by atoms with Gasteiger partial charge in [0.05, 0.1) is 33.0 Å². The summed E-state index contributed by atoms with van der Waals surface area (Å²) in [5.74, 6) is 0.284. The number of hydrogen-bond donors (Lipinski definition) is 0. The molecule has 2 amide bonds. The van der Waals surface area contributed by atoms with Crippen LogP contribution in [0.4, 0.5) is 0 Å². The van der Waals surface area contributed by atoms with E-state index in [1.54, 1.807) is 0 Å². The van der Waals surface area contributed by atoms with Crippen LogP contribution in [0.1, 0.15) is 38.2 Å². The van der Waals surface area contributed by atoms with Crippen molar-refractivity contribution in [2.75, 3.05) is 27.7 Å². The fraction of sp³-hybridized carbons (Fsp3) is 0.600. The molecule has 3 rings (SSSR count). The molecule has 130 valence electrons. The standard InChI is InChI=1S/C20H30N2O2/c1-14(16-9-7-6-8-10-16)13-17-15(2)19(23)22(20(17)24)12-11-18(22)21(3,4)5/h6-10,14-15,17-18H,11-13H2,1-5H3/q+2. The summed E-state index contributed by atoms with van der Waals surface area (Å²) in [4.78, 5) is 26.3.